The van der Waals surface area contributed by atoms with Crippen LogP contribution in [-0.4, -0.2) is 24.5 Å². The van der Waals surface area contributed by atoms with Crippen molar-refractivity contribution in [3.63, 3.8) is 0 Å². The third-order valence-corrected chi connectivity index (χ3v) is 2.94. The van der Waals surface area contributed by atoms with Crippen molar-refractivity contribution in [1.82, 2.24) is 0 Å². The summed E-state index contributed by atoms with van der Waals surface area (Å²) in [6, 6.07) is 6.08. The molecule has 0 aliphatic carbocycles. The van der Waals surface area contributed by atoms with Crippen molar-refractivity contribution < 1.29 is 14.5 Å². The average molecular weight is 291 g/mol. The van der Waals surface area contributed by atoms with Crippen LogP contribution in [0.25, 0.3) is 0 Å². The molecule has 0 heterocycles. The van der Waals surface area contributed by atoms with E-state index < -0.39 is 4.92 Å². The van der Waals surface area contributed by atoms with Gasteiger partial charge in [-0.15, -0.1) is 0 Å². The Kier molecular flexibility index (Phi) is 6.68. The molecule has 0 radical (unpaired) electrons. The van der Waals surface area contributed by atoms with Crippen molar-refractivity contribution in [1.29, 1.82) is 5.26 Å². The van der Waals surface area contributed by atoms with Gasteiger partial charge in [0.1, 0.15) is 6.07 Å². The first-order chi connectivity index (χ1) is 10.1. The van der Waals surface area contributed by atoms with E-state index in [9.17, 15) is 14.9 Å². The summed E-state index contributed by atoms with van der Waals surface area (Å²) in [6.07, 6.45) is 2.84. The molecule has 0 amide bonds. The lowest BCUT2D eigenvalue weighted by atomic mass is 10.1. The molecule has 0 fully saturated rings. The van der Waals surface area contributed by atoms with Gasteiger partial charge >= 0.3 is 5.97 Å². The number of ether oxygens (including phenoxy) is 1. The topological polar surface area (TPSA) is 105 Å². The summed E-state index contributed by atoms with van der Waals surface area (Å²) in [4.78, 5) is 21.0. The summed E-state index contributed by atoms with van der Waals surface area (Å²) in [5.74, 6) is -0.218. The molecule has 0 bridgehead atoms. The Balaban J connectivity index is 2.40. The highest BCUT2D eigenvalue weighted by molar-refractivity contribution is 5.69. The van der Waals surface area contributed by atoms with Gasteiger partial charge in [-0.3, -0.25) is 14.9 Å². The third kappa shape index (κ3) is 5.48. The molecule has 1 N–H and O–H groups in total. The summed E-state index contributed by atoms with van der Waals surface area (Å²) in [7, 11) is 1.36. The zero-order valence-corrected chi connectivity index (χ0v) is 11.8. The number of anilines is 1. The van der Waals surface area contributed by atoms with Crippen LogP contribution >= 0.6 is 0 Å². The maximum atomic E-state index is 10.9. The zero-order valence-electron chi connectivity index (χ0n) is 11.8. The van der Waals surface area contributed by atoms with E-state index in [1.165, 1.54) is 25.3 Å². The molecule has 1 aromatic rings. The average Bonchev–Trinajstić information content (AvgIpc) is 2.50. The van der Waals surface area contributed by atoms with Gasteiger partial charge in [0, 0.05) is 25.1 Å². The van der Waals surface area contributed by atoms with Crippen molar-refractivity contribution in [2.45, 2.75) is 25.7 Å². The third-order valence-electron chi connectivity index (χ3n) is 2.94. The van der Waals surface area contributed by atoms with Gasteiger partial charge < -0.3 is 10.1 Å². The Bertz CT molecular complexity index is 552. The number of carbonyl (C=O) groups is 1. The second-order valence-corrected chi connectivity index (χ2v) is 4.41. The molecule has 0 saturated heterocycles. The first-order valence-electron chi connectivity index (χ1n) is 6.57. The molecule has 0 aliphatic heterocycles. The number of nitro groups is 1. The number of nitrogens with one attached hydrogen (secondary N) is 1. The van der Waals surface area contributed by atoms with Gasteiger partial charge in [0.05, 0.1) is 23.3 Å². The first kappa shape index (κ1) is 16.4. The number of hydrogen-bond acceptors (Lipinski definition) is 6. The van der Waals surface area contributed by atoms with Crippen LogP contribution < -0.4 is 5.32 Å². The van der Waals surface area contributed by atoms with E-state index in [1.54, 1.807) is 0 Å². The van der Waals surface area contributed by atoms with Crippen LogP contribution in [0.5, 0.6) is 0 Å². The highest BCUT2D eigenvalue weighted by Gasteiger charge is 2.10. The number of benzene rings is 1. The fraction of sp³-hybridized carbons (Fsp3) is 0.429. The van der Waals surface area contributed by atoms with Gasteiger partial charge in [-0.2, -0.15) is 5.26 Å². The lowest BCUT2D eigenvalue weighted by Gasteiger charge is -2.07. The molecular formula is C14H17N3O4. The second-order valence-electron chi connectivity index (χ2n) is 4.41. The van der Waals surface area contributed by atoms with Gasteiger partial charge in [-0.05, 0) is 18.9 Å². The van der Waals surface area contributed by atoms with Gasteiger partial charge in [0.2, 0.25) is 0 Å². The Hall–Kier alpha value is -2.62. The highest BCUT2D eigenvalue weighted by Crippen LogP contribution is 2.21. The molecule has 1 rings (SSSR count). The molecule has 21 heavy (non-hydrogen) atoms. The number of esters is 1. The number of nitrogens with zero attached hydrogens (tertiary/aromatic N) is 2. The van der Waals surface area contributed by atoms with Crippen LogP contribution in [0.1, 0.15) is 31.2 Å². The maximum absolute atomic E-state index is 10.9. The van der Waals surface area contributed by atoms with E-state index >= 15 is 0 Å². The van der Waals surface area contributed by atoms with Crippen molar-refractivity contribution >= 4 is 17.3 Å². The van der Waals surface area contributed by atoms with E-state index in [0.717, 1.165) is 19.3 Å². The summed E-state index contributed by atoms with van der Waals surface area (Å²) in [5.41, 5.74) is 0.727. The number of non-ortho nitro benzene ring substituents is 1. The van der Waals surface area contributed by atoms with Crippen LogP contribution in [0.15, 0.2) is 18.2 Å². The van der Waals surface area contributed by atoms with E-state index in [-0.39, 0.29) is 17.2 Å². The van der Waals surface area contributed by atoms with E-state index in [1.807, 2.05) is 6.07 Å². The number of rotatable bonds is 8. The molecule has 0 unspecified atom stereocenters. The van der Waals surface area contributed by atoms with E-state index in [4.69, 9.17) is 5.26 Å². The Morgan fingerprint density at radius 1 is 1.43 bits per heavy atom. The fourth-order valence-electron chi connectivity index (χ4n) is 1.79. The number of methoxy groups -OCH3 is 1. The molecule has 0 saturated carbocycles. The zero-order chi connectivity index (χ0) is 15.7. The predicted molar refractivity (Wildman–Crippen MR) is 76.8 cm³/mol. The summed E-state index contributed by atoms with van der Waals surface area (Å²) >= 11 is 0. The molecule has 0 spiro atoms. The minimum absolute atomic E-state index is 0.102. The Labute approximate surface area is 122 Å². The summed E-state index contributed by atoms with van der Waals surface area (Å²) < 4.78 is 4.54. The second kappa shape index (κ2) is 8.53. The van der Waals surface area contributed by atoms with Crippen molar-refractivity contribution in [3.8, 4) is 6.07 Å². The van der Waals surface area contributed by atoms with E-state index in [2.05, 4.69) is 10.1 Å². The lowest BCUT2D eigenvalue weighted by Crippen LogP contribution is -2.04. The monoisotopic (exact) mass is 291 g/mol. The molecule has 112 valence electrons. The molecule has 0 aliphatic rings. The van der Waals surface area contributed by atoms with Crippen molar-refractivity contribution in [3.05, 3.63) is 33.9 Å². The molecule has 7 heteroatoms. The predicted octanol–water partition coefficient (Wildman–Crippen LogP) is 2.61. The summed E-state index contributed by atoms with van der Waals surface area (Å²) in [6.45, 7) is 0.633. The lowest BCUT2D eigenvalue weighted by molar-refractivity contribution is -0.384. The molecule has 7 nitrogen and oxygen atoms in total. The van der Waals surface area contributed by atoms with Gasteiger partial charge in [0.25, 0.3) is 5.69 Å². The largest absolute Gasteiger partial charge is 0.469 e. The van der Waals surface area contributed by atoms with Crippen LogP contribution in [0.4, 0.5) is 11.4 Å². The number of carbonyl (C=O) groups excluding carboxylic acids is 1. The van der Waals surface area contributed by atoms with Crippen LogP contribution in [0, 0.1) is 21.4 Å². The number of unbranched alkanes of at least 4 members (excludes halogenated alkanes) is 2. The number of hydrogen-bond donors (Lipinski definition) is 1. The van der Waals surface area contributed by atoms with Crippen molar-refractivity contribution in [2.24, 2.45) is 0 Å². The van der Waals surface area contributed by atoms with E-state index in [0.29, 0.717) is 18.7 Å². The van der Waals surface area contributed by atoms with Crippen LogP contribution in [-0.2, 0) is 9.53 Å². The quantitative estimate of drug-likeness (QED) is 0.341. The van der Waals surface area contributed by atoms with Crippen LogP contribution in [0.3, 0.4) is 0 Å². The molecule has 0 atom stereocenters. The van der Waals surface area contributed by atoms with Gasteiger partial charge in [-0.25, -0.2) is 0 Å². The number of nitriles is 1. The van der Waals surface area contributed by atoms with Gasteiger partial charge in [-0.1, -0.05) is 6.42 Å². The van der Waals surface area contributed by atoms with Crippen LogP contribution in [0.2, 0.25) is 0 Å². The first-order valence-corrected chi connectivity index (χ1v) is 6.57. The highest BCUT2D eigenvalue weighted by atomic mass is 16.6. The standard InChI is InChI=1S/C14H17N3O4/c1-21-14(18)5-3-2-4-8-16-13-7-6-12(17(19)20)9-11(13)10-15/h6-7,9,16H,2-5,8H2,1H3. The summed E-state index contributed by atoms with van der Waals surface area (Å²) in [5, 5.41) is 22.7. The molecular weight excluding hydrogens is 274 g/mol. The minimum Gasteiger partial charge on any atom is -0.469 e. The minimum atomic E-state index is -0.530. The maximum Gasteiger partial charge on any atom is 0.305 e. The fourth-order valence-corrected chi connectivity index (χ4v) is 1.79. The number of nitro benzene ring substituents is 1. The Morgan fingerprint density at radius 2 is 2.19 bits per heavy atom. The molecule has 0 aromatic heterocycles. The normalized spacial score (nSPS) is 9.71. The van der Waals surface area contributed by atoms with Crippen molar-refractivity contribution in [2.75, 3.05) is 19.0 Å². The smallest absolute Gasteiger partial charge is 0.305 e. The van der Waals surface area contributed by atoms with Gasteiger partial charge in [0.15, 0.2) is 0 Å². The molecule has 1 aromatic carbocycles. The SMILES string of the molecule is COC(=O)CCCCCNc1ccc([N+](=O)[O-])cc1C#N. The Morgan fingerprint density at radius 3 is 2.81 bits per heavy atom.